The molecule has 0 aliphatic carbocycles. The molecule has 0 atom stereocenters. The normalized spacial score (nSPS) is 19.3. The Labute approximate surface area is 71.2 Å². The maximum absolute atomic E-state index is 2.30. The summed E-state index contributed by atoms with van der Waals surface area (Å²) < 4.78 is 0. The van der Waals surface area contributed by atoms with Crippen LogP contribution in [0.5, 0.6) is 0 Å². The van der Waals surface area contributed by atoms with Gasteiger partial charge in [-0.15, -0.1) is 0 Å². The van der Waals surface area contributed by atoms with E-state index >= 15 is 0 Å². The Morgan fingerprint density at radius 3 is 2.60 bits per heavy atom. The van der Waals surface area contributed by atoms with Crippen LogP contribution in [-0.2, 0) is 0 Å². The molecule has 0 aromatic heterocycles. The van der Waals surface area contributed by atoms with Crippen LogP contribution in [0.2, 0.25) is 0 Å². The summed E-state index contributed by atoms with van der Waals surface area (Å²) in [4.78, 5) is 0. The molecule has 0 radical (unpaired) electrons. The van der Waals surface area contributed by atoms with E-state index in [-0.39, 0.29) is 0 Å². The summed E-state index contributed by atoms with van der Waals surface area (Å²) in [5, 5.41) is 2.30. The molecule has 0 aromatic carbocycles. The lowest BCUT2D eigenvalue weighted by molar-refractivity contribution is 0.411. The zero-order chi connectivity index (χ0) is 7.61. The molecule has 1 aliphatic heterocycles. The fourth-order valence-corrected chi connectivity index (χ4v) is 3.17. The second-order valence-corrected chi connectivity index (χ2v) is 6.11. The first-order valence-electron chi connectivity index (χ1n) is 3.54. The van der Waals surface area contributed by atoms with Crippen LogP contribution < -0.4 is 0 Å². The minimum absolute atomic E-state index is 0.470. The van der Waals surface area contributed by atoms with E-state index in [1.54, 1.807) is 5.57 Å². The molecular weight excluding hydrogens is 160 g/mol. The number of rotatable bonds is 1. The van der Waals surface area contributed by atoms with Gasteiger partial charge in [0.05, 0.1) is 0 Å². The minimum Gasteiger partial charge on any atom is -0.0851 e. The maximum atomic E-state index is 2.30. The van der Waals surface area contributed by atoms with Crippen LogP contribution >= 0.6 is 21.6 Å². The van der Waals surface area contributed by atoms with Gasteiger partial charge in [0, 0.05) is 5.75 Å². The molecule has 0 amide bonds. The third kappa shape index (κ3) is 3.02. The molecule has 0 unspecified atom stereocenters. The molecular formula is C8H14S2. The molecule has 0 nitrogen and oxygen atoms in total. The average Bonchev–Trinajstić information content (AvgIpc) is 2.12. The van der Waals surface area contributed by atoms with Gasteiger partial charge in [0.1, 0.15) is 0 Å². The third-order valence-electron chi connectivity index (χ3n) is 1.28. The topological polar surface area (TPSA) is 0 Å². The second-order valence-electron chi connectivity index (χ2n) is 3.87. The summed E-state index contributed by atoms with van der Waals surface area (Å²) >= 11 is 0. The quantitative estimate of drug-likeness (QED) is 0.556. The lowest BCUT2D eigenvalue weighted by Crippen LogP contribution is -2.06. The molecule has 1 aliphatic rings. The largest absolute Gasteiger partial charge is 0.0851 e. The molecule has 0 aromatic rings. The second kappa shape index (κ2) is 3.22. The Morgan fingerprint density at radius 2 is 2.20 bits per heavy atom. The predicted molar refractivity (Wildman–Crippen MR) is 52.2 cm³/mol. The molecule has 1 heterocycles. The summed E-state index contributed by atoms with van der Waals surface area (Å²) in [6.45, 7) is 6.88. The summed E-state index contributed by atoms with van der Waals surface area (Å²) in [6, 6.07) is 0. The van der Waals surface area contributed by atoms with E-state index in [0.717, 1.165) is 0 Å². The first-order valence-corrected chi connectivity index (χ1v) is 5.92. The Balaban J connectivity index is 2.38. The summed E-state index contributed by atoms with van der Waals surface area (Å²) in [5.74, 6) is 1.24. The first-order chi connectivity index (χ1) is 4.58. The molecule has 0 bridgehead atoms. The van der Waals surface area contributed by atoms with E-state index in [2.05, 4.69) is 26.2 Å². The van der Waals surface area contributed by atoms with Crippen LogP contribution in [0.4, 0.5) is 0 Å². The Kier molecular flexibility index (Phi) is 2.75. The SMILES string of the molecule is CC(C)(C)CC1=CSSC1. The molecule has 0 saturated heterocycles. The monoisotopic (exact) mass is 174 g/mol. The van der Waals surface area contributed by atoms with Crippen LogP contribution in [0.25, 0.3) is 0 Å². The molecule has 0 N–H and O–H groups in total. The van der Waals surface area contributed by atoms with E-state index in [4.69, 9.17) is 0 Å². The first kappa shape index (κ1) is 8.54. The molecule has 0 spiro atoms. The van der Waals surface area contributed by atoms with Crippen molar-refractivity contribution < 1.29 is 0 Å². The van der Waals surface area contributed by atoms with Crippen LogP contribution in [0.15, 0.2) is 11.0 Å². The van der Waals surface area contributed by atoms with Gasteiger partial charge in [-0.05, 0) is 17.2 Å². The van der Waals surface area contributed by atoms with Crippen LogP contribution in [0, 0.1) is 5.41 Å². The number of hydrogen-bond donors (Lipinski definition) is 0. The summed E-state index contributed by atoms with van der Waals surface area (Å²) in [6.07, 6.45) is 1.26. The van der Waals surface area contributed by atoms with Gasteiger partial charge in [-0.3, -0.25) is 0 Å². The fourth-order valence-electron chi connectivity index (χ4n) is 1.02. The smallest absolute Gasteiger partial charge is 0.0259 e. The van der Waals surface area contributed by atoms with Crippen molar-refractivity contribution in [3.05, 3.63) is 11.0 Å². The van der Waals surface area contributed by atoms with Crippen molar-refractivity contribution in [2.24, 2.45) is 5.41 Å². The van der Waals surface area contributed by atoms with Crippen molar-refractivity contribution in [3.63, 3.8) is 0 Å². The highest BCUT2D eigenvalue weighted by Crippen LogP contribution is 2.38. The Hall–Kier alpha value is 0.440. The number of hydrogen-bond acceptors (Lipinski definition) is 2. The van der Waals surface area contributed by atoms with Gasteiger partial charge in [0.15, 0.2) is 0 Å². The van der Waals surface area contributed by atoms with Crippen LogP contribution in [-0.4, -0.2) is 5.75 Å². The van der Waals surface area contributed by atoms with Crippen molar-refractivity contribution in [1.29, 1.82) is 0 Å². The van der Waals surface area contributed by atoms with E-state index in [0.29, 0.717) is 5.41 Å². The van der Waals surface area contributed by atoms with E-state index < -0.39 is 0 Å². The molecule has 58 valence electrons. The highest BCUT2D eigenvalue weighted by molar-refractivity contribution is 8.78. The maximum Gasteiger partial charge on any atom is 0.0259 e. The van der Waals surface area contributed by atoms with E-state index in [1.807, 2.05) is 21.6 Å². The molecule has 0 fully saturated rings. The van der Waals surface area contributed by atoms with E-state index in [1.165, 1.54) is 12.2 Å². The van der Waals surface area contributed by atoms with Crippen molar-refractivity contribution in [3.8, 4) is 0 Å². The molecule has 2 heteroatoms. The van der Waals surface area contributed by atoms with Gasteiger partial charge in [-0.1, -0.05) is 47.9 Å². The zero-order valence-electron chi connectivity index (χ0n) is 6.81. The van der Waals surface area contributed by atoms with Gasteiger partial charge in [0.25, 0.3) is 0 Å². The van der Waals surface area contributed by atoms with E-state index in [9.17, 15) is 0 Å². The van der Waals surface area contributed by atoms with Crippen molar-refractivity contribution >= 4 is 21.6 Å². The Bertz CT molecular complexity index is 142. The molecule has 0 saturated carbocycles. The van der Waals surface area contributed by atoms with Crippen molar-refractivity contribution in [2.75, 3.05) is 5.75 Å². The van der Waals surface area contributed by atoms with Gasteiger partial charge in [-0.25, -0.2) is 0 Å². The summed E-state index contributed by atoms with van der Waals surface area (Å²) in [5.41, 5.74) is 2.08. The van der Waals surface area contributed by atoms with Crippen LogP contribution in [0.1, 0.15) is 27.2 Å². The molecule has 1 rings (SSSR count). The third-order valence-corrected chi connectivity index (χ3v) is 3.39. The standard InChI is InChI=1S/C8H14S2/c1-8(2,3)4-7-5-9-10-6-7/h5H,4,6H2,1-3H3. The lowest BCUT2D eigenvalue weighted by Gasteiger charge is -2.17. The average molecular weight is 174 g/mol. The highest BCUT2D eigenvalue weighted by atomic mass is 33.1. The van der Waals surface area contributed by atoms with Crippen LogP contribution in [0.3, 0.4) is 0 Å². The fraction of sp³-hybridized carbons (Fsp3) is 0.750. The minimum atomic E-state index is 0.470. The van der Waals surface area contributed by atoms with Crippen molar-refractivity contribution in [1.82, 2.24) is 0 Å². The lowest BCUT2D eigenvalue weighted by atomic mass is 9.89. The van der Waals surface area contributed by atoms with Crippen molar-refractivity contribution in [2.45, 2.75) is 27.2 Å². The zero-order valence-corrected chi connectivity index (χ0v) is 8.44. The van der Waals surface area contributed by atoms with Gasteiger partial charge >= 0.3 is 0 Å². The highest BCUT2D eigenvalue weighted by Gasteiger charge is 2.15. The van der Waals surface area contributed by atoms with Gasteiger partial charge in [0.2, 0.25) is 0 Å². The Morgan fingerprint density at radius 1 is 1.50 bits per heavy atom. The van der Waals surface area contributed by atoms with Gasteiger partial charge in [-0.2, -0.15) is 0 Å². The van der Waals surface area contributed by atoms with Gasteiger partial charge < -0.3 is 0 Å². The molecule has 10 heavy (non-hydrogen) atoms. The summed E-state index contributed by atoms with van der Waals surface area (Å²) in [7, 11) is 3.82. The predicted octanol–water partition coefficient (Wildman–Crippen LogP) is 3.70.